The summed E-state index contributed by atoms with van der Waals surface area (Å²) < 4.78 is 6.35. The fraction of sp³-hybridized carbons (Fsp3) is 1.00. The third kappa shape index (κ3) is 3.55. The molecule has 2 aliphatic rings. The number of hydrogen-bond acceptors (Lipinski definition) is 3. The highest BCUT2D eigenvalue weighted by Gasteiger charge is 2.45. The lowest BCUT2D eigenvalue weighted by atomic mass is 9.75. The van der Waals surface area contributed by atoms with Crippen LogP contribution < -0.4 is 5.32 Å². The van der Waals surface area contributed by atoms with Gasteiger partial charge in [-0.1, -0.05) is 27.2 Å². The average Bonchev–Trinajstić information content (AvgIpc) is 3.25. The van der Waals surface area contributed by atoms with Gasteiger partial charge in [0.05, 0.1) is 24.9 Å². The Labute approximate surface area is 124 Å². The van der Waals surface area contributed by atoms with Crippen molar-refractivity contribution in [2.45, 2.75) is 64.5 Å². The van der Waals surface area contributed by atoms with Gasteiger partial charge < -0.3 is 15.2 Å². The highest BCUT2D eigenvalue weighted by molar-refractivity contribution is 5.00. The van der Waals surface area contributed by atoms with Gasteiger partial charge in [-0.05, 0) is 56.4 Å². The maximum atomic E-state index is 9.80. The van der Waals surface area contributed by atoms with Crippen LogP contribution in [0.1, 0.15) is 52.9 Å². The molecular weight excluding hydrogens is 250 g/mol. The minimum atomic E-state index is -0.206. The lowest BCUT2D eigenvalue weighted by molar-refractivity contribution is -0.0725. The maximum absolute atomic E-state index is 9.80. The molecule has 0 saturated heterocycles. The zero-order valence-corrected chi connectivity index (χ0v) is 13.7. The minimum Gasteiger partial charge on any atom is -0.394 e. The summed E-state index contributed by atoms with van der Waals surface area (Å²) in [5.41, 5.74) is -0.206. The van der Waals surface area contributed by atoms with Crippen molar-refractivity contribution in [3.63, 3.8) is 0 Å². The Morgan fingerprint density at radius 2 is 1.95 bits per heavy atom. The fourth-order valence-electron chi connectivity index (χ4n) is 3.85. The van der Waals surface area contributed by atoms with Crippen LogP contribution in [0.3, 0.4) is 0 Å². The van der Waals surface area contributed by atoms with Crippen molar-refractivity contribution in [1.82, 2.24) is 5.32 Å². The first kappa shape index (κ1) is 16.3. The molecule has 0 heterocycles. The summed E-state index contributed by atoms with van der Waals surface area (Å²) in [6.07, 6.45) is 6.62. The number of nitrogens with one attached hydrogen (secondary N) is 1. The van der Waals surface area contributed by atoms with Crippen molar-refractivity contribution >= 4 is 0 Å². The standard InChI is InChI=1S/C17H33NO2/c1-12(2)15-8-5-13(3)9-16(15)20-11-17(10-19,18-4)14-6-7-14/h12-16,18-19H,5-11H2,1-4H3. The Morgan fingerprint density at radius 1 is 1.25 bits per heavy atom. The van der Waals surface area contributed by atoms with E-state index in [1.54, 1.807) is 0 Å². The summed E-state index contributed by atoms with van der Waals surface area (Å²) in [4.78, 5) is 0. The van der Waals surface area contributed by atoms with Gasteiger partial charge in [-0.25, -0.2) is 0 Å². The fourth-order valence-corrected chi connectivity index (χ4v) is 3.85. The molecule has 3 heteroatoms. The first-order chi connectivity index (χ1) is 9.52. The normalized spacial score (nSPS) is 34.2. The van der Waals surface area contributed by atoms with Gasteiger partial charge in [0.2, 0.25) is 0 Å². The molecule has 0 radical (unpaired) electrons. The molecule has 2 fully saturated rings. The molecule has 4 atom stereocenters. The number of rotatable bonds is 7. The highest BCUT2D eigenvalue weighted by atomic mass is 16.5. The highest BCUT2D eigenvalue weighted by Crippen LogP contribution is 2.41. The molecule has 0 aromatic rings. The van der Waals surface area contributed by atoms with Crippen molar-refractivity contribution in [2.75, 3.05) is 20.3 Å². The largest absolute Gasteiger partial charge is 0.394 e. The third-order valence-electron chi connectivity index (χ3n) is 5.66. The lowest BCUT2D eigenvalue weighted by Gasteiger charge is -2.40. The van der Waals surface area contributed by atoms with Crippen LogP contribution in [-0.2, 0) is 4.74 Å². The minimum absolute atomic E-state index is 0.183. The van der Waals surface area contributed by atoms with Crippen LogP contribution in [-0.4, -0.2) is 37.0 Å². The molecular formula is C17H33NO2. The third-order valence-corrected chi connectivity index (χ3v) is 5.66. The quantitative estimate of drug-likeness (QED) is 0.755. The molecule has 3 nitrogen and oxygen atoms in total. The maximum Gasteiger partial charge on any atom is 0.0677 e. The number of aliphatic hydroxyl groups is 1. The molecule has 0 bridgehead atoms. The van der Waals surface area contributed by atoms with E-state index in [0.29, 0.717) is 30.5 Å². The van der Waals surface area contributed by atoms with Crippen molar-refractivity contribution in [1.29, 1.82) is 0 Å². The zero-order chi connectivity index (χ0) is 14.8. The van der Waals surface area contributed by atoms with E-state index >= 15 is 0 Å². The second kappa shape index (κ2) is 6.76. The summed E-state index contributed by atoms with van der Waals surface area (Å²) in [6, 6.07) is 0. The Hall–Kier alpha value is -0.120. The van der Waals surface area contributed by atoms with Crippen LogP contribution in [0.25, 0.3) is 0 Å². The Morgan fingerprint density at radius 3 is 2.45 bits per heavy atom. The average molecular weight is 283 g/mol. The first-order valence-electron chi connectivity index (χ1n) is 8.43. The van der Waals surface area contributed by atoms with E-state index in [-0.39, 0.29) is 12.1 Å². The van der Waals surface area contributed by atoms with E-state index in [9.17, 15) is 5.11 Å². The summed E-state index contributed by atoms with van der Waals surface area (Å²) >= 11 is 0. The predicted octanol–water partition coefficient (Wildman–Crippen LogP) is 2.82. The summed E-state index contributed by atoms with van der Waals surface area (Å²) in [5, 5.41) is 13.1. The van der Waals surface area contributed by atoms with Crippen LogP contribution >= 0.6 is 0 Å². The van der Waals surface area contributed by atoms with Gasteiger partial charge in [0.25, 0.3) is 0 Å². The monoisotopic (exact) mass is 283 g/mol. The van der Waals surface area contributed by atoms with Crippen LogP contribution in [0.2, 0.25) is 0 Å². The molecule has 0 aliphatic heterocycles. The number of hydrogen-bond donors (Lipinski definition) is 2. The number of likely N-dealkylation sites (N-methyl/N-ethyl adjacent to an activating group) is 1. The van der Waals surface area contributed by atoms with Crippen LogP contribution in [0.15, 0.2) is 0 Å². The van der Waals surface area contributed by atoms with Gasteiger partial charge in [0.1, 0.15) is 0 Å². The van der Waals surface area contributed by atoms with Crippen molar-refractivity contribution in [2.24, 2.45) is 23.7 Å². The lowest BCUT2D eigenvalue weighted by Crippen LogP contribution is -2.54. The molecule has 0 spiro atoms. The van der Waals surface area contributed by atoms with Gasteiger partial charge in [-0.2, -0.15) is 0 Å². The molecule has 0 aromatic heterocycles. The summed E-state index contributed by atoms with van der Waals surface area (Å²) in [6.45, 7) is 7.81. The summed E-state index contributed by atoms with van der Waals surface area (Å²) in [7, 11) is 1.96. The number of ether oxygens (including phenoxy) is 1. The van der Waals surface area contributed by atoms with Gasteiger partial charge in [0, 0.05) is 0 Å². The predicted molar refractivity (Wildman–Crippen MR) is 82.7 cm³/mol. The smallest absolute Gasteiger partial charge is 0.0677 e. The molecule has 2 saturated carbocycles. The van der Waals surface area contributed by atoms with Gasteiger partial charge in [-0.15, -0.1) is 0 Å². The van der Waals surface area contributed by atoms with Gasteiger partial charge >= 0.3 is 0 Å². The van der Waals surface area contributed by atoms with E-state index in [1.165, 1.54) is 32.1 Å². The van der Waals surface area contributed by atoms with Crippen LogP contribution in [0.5, 0.6) is 0 Å². The summed E-state index contributed by atoms with van der Waals surface area (Å²) in [5.74, 6) is 2.73. The molecule has 2 rings (SSSR count). The molecule has 4 unspecified atom stereocenters. The van der Waals surface area contributed by atoms with E-state index in [2.05, 4.69) is 26.1 Å². The topological polar surface area (TPSA) is 41.5 Å². The molecule has 118 valence electrons. The van der Waals surface area contributed by atoms with E-state index in [4.69, 9.17) is 4.74 Å². The second-order valence-corrected chi connectivity index (χ2v) is 7.51. The molecule has 2 aliphatic carbocycles. The Bertz CT molecular complexity index is 297. The van der Waals surface area contributed by atoms with Crippen LogP contribution in [0, 0.1) is 23.7 Å². The van der Waals surface area contributed by atoms with Crippen molar-refractivity contribution < 1.29 is 9.84 Å². The van der Waals surface area contributed by atoms with Gasteiger partial charge in [-0.3, -0.25) is 0 Å². The number of aliphatic hydroxyl groups excluding tert-OH is 1. The SMILES string of the molecule is CNC(CO)(COC1CC(C)CCC1C(C)C)C1CC1. The Kier molecular flexibility index (Phi) is 5.49. The van der Waals surface area contributed by atoms with Crippen LogP contribution in [0.4, 0.5) is 0 Å². The molecule has 2 N–H and O–H groups in total. The van der Waals surface area contributed by atoms with E-state index in [0.717, 1.165) is 5.92 Å². The Balaban J connectivity index is 1.95. The molecule has 20 heavy (non-hydrogen) atoms. The van der Waals surface area contributed by atoms with E-state index < -0.39 is 0 Å². The van der Waals surface area contributed by atoms with E-state index in [1.807, 2.05) is 7.05 Å². The van der Waals surface area contributed by atoms with Crippen molar-refractivity contribution in [3.05, 3.63) is 0 Å². The second-order valence-electron chi connectivity index (χ2n) is 7.51. The zero-order valence-electron chi connectivity index (χ0n) is 13.7. The first-order valence-corrected chi connectivity index (χ1v) is 8.43. The van der Waals surface area contributed by atoms with Crippen molar-refractivity contribution in [3.8, 4) is 0 Å². The molecule has 0 amide bonds. The molecule has 0 aromatic carbocycles. The van der Waals surface area contributed by atoms with Gasteiger partial charge in [0.15, 0.2) is 0 Å².